The molecule has 0 spiro atoms. The van der Waals surface area contributed by atoms with Crippen LogP contribution in [0.2, 0.25) is 5.15 Å². The molecule has 7 nitrogen and oxygen atoms in total. The van der Waals surface area contributed by atoms with Gasteiger partial charge in [0.1, 0.15) is 5.15 Å². The van der Waals surface area contributed by atoms with E-state index in [0.717, 1.165) is 5.56 Å². The first-order valence-corrected chi connectivity index (χ1v) is 7.92. The third-order valence-electron chi connectivity index (χ3n) is 3.76. The summed E-state index contributed by atoms with van der Waals surface area (Å²) in [5, 5.41) is 4.40. The third-order valence-corrected chi connectivity index (χ3v) is 3.96. The first-order chi connectivity index (χ1) is 11.0. The molecule has 0 aromatic carbocycles. The van der Waals surface area contributed by atoms with E-state index < -0.39 is 0 Å². The van der Waals surface area contributed by atoms with Gasteiger partial charge in [0.15, 0.2) is 0 Å². The molecule has 1 saturated heterocycles. The number of piperazine rings is 1. The zero-order chi connectivity index (χ0) is 16.4. The van der Waals surface area contributed by atoms with Gasteiger partial charge >= 0.3 is 0 Å². The number of anilines is 1. The van der Waals surface area contributed by atoms with Crippen LogP contribution in [0, 0.1) is 5.92 Å². The molecule has 3 heterocycles. The van der Waals surface area contributed by atoms with Gasteiger partial charge in [-0.05, 0) is 17.3 Å². The number of nitrogens with zero attached hydrogens (tertiary/aromatic N) is 5. The van der Waals surface area contributed by atoms with Crippen LogP contribution in [0.3, 0.4) is 0 Å². The zero-order valence-electron chi connectivity index (χ0n) is 13.1. The summed E-state index contributed by atoms with van der Waals surface area (Å²) in [6.45, 7) is 6.55. The van der Waals surface area contributed by atoms with Gasteiger partial charge in [-0.3, -0.25) is 4.79 Å². The molecule has 0 aliphatic carbocycles. The van der Waals surface area contributed by atoms with Crippen LogP contribution in [0.1, 0.15) is 13.8 Å². The summed E-state index contributed by atoms with van der Waals surface area (Å²) in [5.41, 5.74) is 0.734. The summed E-state index contributed by atoms with van der Waals surface area (Å²) in [6.07, 6.45) is 1.60. The highest BCUT2D eigenvalue weighted by molar-refractivity contribution is 6.29. The summed E-state index contributed by atoms with van der Waals surface area (Å²) >= 11 is 5.87. The van der Waals surface area contributed by atoms with Crippen molar-refractivity contribution in [1.82, 2.24) is 20.0 Å². The van der Waals surface area contributed by atoms with E-state index in [2.05, 4.69) is 15.1 Å². The van der Waals surface area contributed by atoms with Gasteiger partial charge in [-0.25, -0.2) is 4.98 Å². The second kappa shape index (κ2) is 6.54. The molecule has 2 aromatic rings. The topological polar surface area (TPSA) is 75.4 Å². The highest BCUT2D eigenvalue weighted by Gasteiger charge is 2.25. The Hall–Kier alpha value is -2.15. The summed E-state index contributed by atoms with van der Waals surface area (Å²) < 4.78 is 5.30. The van der Waals surface area contributed by atoms with Crippen molar-refractivity contribution in [2.24, 2.45) is 5.92 Å². The van der Waals surface area contributed by atoms with Crippen molar-refractivity contribution < 1.29 is 9.32 Å². The minimum Gasteiger partial charge on any atom is -0.339 e. The normalized spacial score (nSPS) is 15.3. The predicted octanol–water partition coefficient (Wildman–Crippen LogP) is 2.09. The van der Waals surface area contributed by atoms with Crippen LogP contribution >= 0.6 is 11.6 Å². The van der Waals surface area contributed by atoms with Crippen LogP contribution in [0.15, 0.2) is 22.9 Å². The number of amides is 1. The molecule has 0 atom stereocenters. The maximum atomic E-state index is 12.0. The molecule has 1 amide bonds. The number of hydrogen-bond acceptors (Lipinski definition) is 6. The van der Waals surface area contributed by atoms with E-state index in [0.29, 0.717) is 43.2 Å². The van der Waals surface area contributed by atoms with Crippen LogP contribution in [0.25, 0.3) is 11.5 Å². The molecule has 0 bridgehead atoms. The van der Waals surface area contributed by atoms with Gasteiger partial charge in [0.25, 0.3) is 11.8 Å². The number of aromatic nitrogens is 3. The fourth-order valence-corrected chi connectivity index (χ4v) is 2.66. The van der Waals surface area contributed by atoms with Crippen molar-refractivity contribution in [3.05, 3.63) is 23.5 Å². The third kappa shape index (κ3) is 3.44. The minimum absolute atomic E-state index is 0.0229. The molecule has 1 aliphatic heterocycles. The molecule has 1 aliphatic rings. The molecule has 0 radical (unpaired) electrons. The second-order valence-corrected chi connectivity index (χ2v) is 6.12. The number of carbonyl (C=O) groups excluding carboxylic acids is 1. The van der Waals surface area contributed by atoms with Crippen LogP contribution in [0.5, 0.6) is 0 Å². The van der Waals surface area contributed by atoms with Gasteiger partial charge in [-0.1, -0.05) is 25.4 Å². The van der Waals surface area contributed by atoms with Gasteiger partial charge < -0.3 is 14.3 Å². The Bertz CT molecular complexity index is 695. The SMILES string of the molecule is CC(C)C(=O)N1CCN(c2noc(-c3ccnc(Cl)c3)n2)CC1. The van der Waals surface area contributed by atoms with Crippen molar-refractivity contribution >= 4 is 23.5 Å². The average molecular weight is 336 g/mol. The van der Waals surface area contributed by atoms with Crippen molar-refractivity contribution in [2.75, 3.05) is 31.1 Å². The van der Waals surface area contributed by atoms with E-state index in [4.69, 9.17) is 16.1 Å². The van der Waals surface area contributed by atoms with Gasteiger partial charge in [-0.2, -0.15) is 4.98 Å². The van der Waals surface area contributed by atoms with E-state index in [1.165, 1.54) is 0 Å². The van der Waals surface area contributed by atoms with E-state index in [1.54, 1.807) is 18.3 Å². The van der Waals surface area contributed by atoms with Crippen molar-refractivity contribution in [3.63, 3.8) is 0 Å². The number of carbonyl (C=O) groups is 1. The van der Waals surface area contributed by atoms with Crippen LogP contribution in [-0.4, -0.2) is 52.1 Å². The summed E-state index contributed by atoms with van der Waals surface area (Å²) in [7, 11) is 0. The van der Waals surface area contributed by atoms with E-state index in [9.17, 15) is 4.79 Å². The fourth-order valence-electron chi connectivity index (χ4n) is 2.49. The number of halogens is 1. The predicted molar refractivity (Wildman–Crippen MR) is 86.2 cm³/mol. The largest absolute Gasteiger partial charge is 0.339 e. The Morgan fingerprint density at radius 2 is 2.04 bits per heavy atom. The van der Waals surface area contributed by atoms with Gasteiger partial charge in [-0.15, -0.1) is 0 Å². The maximum absolute atomic E-state index is 12.0. The fraction of sp³-hybridized carbons (Fsp3) is 0.467. The summed E-state index contributed by atoms with van der Waals surface area (Å²) in [5.74, 6) is 1.15. The maximum Gasteiger partial charge on any atom is 0.266 e. The quantitative estimate of drug-likeness (QED) is 0.799. The minimum atomic E-state index is 0.0229. The molecule has 3 rings (SSSR count). The highest BCUT2D eigenvalue weighted by atomic mass is 35.5. The van der Waals surface area contributed by atoms with E-state index in [1.807, 2.05) is 23.6 Å². The smallest absolute Gasteiger partial charge is 0.266 e. The first-order valence-electron chi connectivity index (χ1n) is 7.54. The molecule has 0 unspecified atom stereocenters. The lowest BCUT2D eigenvalue weighted by Crippen LogP contribution is -2.50. The monoisotopic (exact) mass is 335 g/mol. The standard InChI is InChI=1S/C15H18ClN5O2/c1-10(2)14(22)20-5-7-21(8-6-20)15-18-13(23-19-15)11-3-4-17-12(16)9-11/h3-4,9-10H,5-8H2,1-2H3. The summed E-state index contributed by atoms with van der Waals surface area (Å²) in [4.78, 5) is 24.2. The second-order valence-electron chi connectivity index (χ2n) is 5.73. The molecule has 1 fully saturated rings. The van der Waals surface area contributed by atoms with Gasteiger partial charge in [0, 0.05) is 43.9 Å². The lowest BCUT2D eigenvalue weighted by Gasteiger charge is -2.34. The summed E-state index contributed by atoms with van der Waals surface area (Å²) in [6, 6.07) is 3.44. The Morgan fingerprint density at radius 3 is 2.70 bits per heavy atom. The Labute approximate surface area is 139 Å². The zero-order valence-corrected chi connectivity index (χ0v) is 13.8. The molecule has 0 N–H and O–H groups in total. The lowest BCUT2D eigenvalue weighted by atomic mass is 10.1. The van der Waals surface area contributed by atoms with Gasteiger partial charge in [0.05, 0.1) is 0 Å². The van der Waals surface area contributed by atoms with Gasteiger partial charge in [0.2, 0.25) is 5.91 Å². The highest BCUT2D eigenvalue weighted by Crippen LogP contribution is 2.22. The molecule has 8 heteroatoms. The number of hydrogen-bond donors (Lipinski definition) is 0. The van der Waals surface area contributed by atoms with E-state index in [-0.39, 0.29) is 11.8 Å². The van der Waals surface area contributed by atoms with Crippen molar-refractivity contribution in [1.29, 1.82) is 0 Å². The van der Waals surface area contributed by atoms with Crippen LogP contribution < -0.4 is 4.90 Å². The molecular formula is C15H18ClN5O2. The van der Waals surface area contributed by atoms with E-state index >= 15 is 0 Å². The lowest BCUT2D eigenvalue weighted by molar-refractivity contribution is -0.134. The Kier molecular flexibility index (Phi) is 4.47. The van der Waals surface area contributed by atoms with Crippen molar-refractivity contribution in [3.8, 4) is 11.5 Å². The number of pyridine rings is 1. The van der Waals surface area contributed by atoms with Crippen LogP contribution in [0.4, 0.5) is 5.95 Å². The molecule has 0 saturated carbocycles. The molecule has 122 valence electrons. The Balaban J connectivity index is 1.67. The average Bonchev–Trinajstić information content (AvgIpc) is 3.04. The molecular weight excluding hydrogens is 318 g/mol. The number of rotatable bonds is 3. The Morgan fingerprint density at radius 1 is 1.30 bits per heavy atom. The van der Waals surface area contributed by atoms with Crippen molar-refractivity contribution in [2.45, 2.75) is 13.8 Å². The first kappa shape index (κ1) is 15.7. The molecule has 23 heavy (non-hydrogen) atoms. The molecule has 2 aromatic heterocycles. The van der Waals surface area contributed by atoms with Crippen LogP contribution in [-0.2, 0) is 4.79 Å².